The van der Waals surface area contributed by atoms with Crippen LogP contribution < -0.4 is 5.32 Å². The van der Waals surface area contributed by atoms with Crippen LogP contribution in [-0.4, -0.2) is 35.7 Å². The predicted octanol–water partition coefficient (Wildman–Crippen LogP) is 1.82. The van der Waals surface area contributed by atoms with Crippen LogP contribution in [0.5, 0.6) is 0 Å². The molecule has 1 fully saturated rings. The molecule has 1 atom stereocenters. The van der Waals surface area contributed by atoms with Crippen molar-refractivity contribution in [2.45, 2.75) is 37.6 Å². The van der Waals surface area contributed by atoms with Crippen LogP contribution in [0.25, 0.3) is 11.0 Å². The van der Waals surface area contributed by atoms with Crippen LogP contribution in [0.2, 0.25) is 0 Å². The summed E-state index contributed by atoms with van der Waals surface area (Å²) in [5.41, 5.74) is 2.91. The number of carbonyl (C=O) groups excluding carboxylic acids is 1. The van der Waals surface area contributed by atoms with E-state index in [-0.39, 0.29) is 25.4 Å². The quantitative estimate of drug-likeness (QED) is 0.893. The fourth-order valence-corrected chi connectivity index (χ4v) is 3.65. The lowest BCUT2D eigenvalue weighted by Crippen LogP contribution is -2.55. The summed E-state index contributed by atoms with van der Waals surface area (Å²) in [7, 11) is 0. The second-order valence-corrected chi connectivity index (χ2v) is 6.65. The van der Waals surface area contributed by atoms with Crippen LogP contribution in [0.4, 0.5) is 0 Å². The first-order valence-electron chi connectivity index (χ1n) is 8.21. The number of carboxylic acids is 1. The van der Waals surface area contributed by atoms with Gasteiger partial charge in [0.05, 0.1) is 19.3 Å². The monoisotopic (exact) mass is 329 g/mol. The molecule has 1 aromatic heterocycles. The maximum absolute atomic E-state index is 12.4. The molecule has 126 valence electrons. The summed E-state index contributed by atoms with van der Waals surface area (Å²) in [6, 6.07) is 4.16. The van der Waals surface area contributed by atoms with Crippen molar-refractivity contribution in [1.29, 1.82) is 0 Å². The molecule has 2 aliphatic rings. The molecule has 0 spiro atoms. The summed E-state index contributed by atoms with van der Waals surface area (Å²) in [6.07, 6.45) is 5.26. The van der Waals surface area contributed by atoms with Crippen molar-refractivity contribution in [2.24, 2.45) is 0 Å². The van der Waals surface area contributed by atoms with Crippen LogP contribution in [0, 0.1) is 0 Å². The number of hydrogen-bond acceptors (Lipinski definition) is 4. The van der Waals surface area contributed by atoms with E-state index >= 15 is 0 Å². The van der Waals surface area contributed by atoms with Gasteiger partial charge in [0.15, 0.2) is 5.54 Å². The molecule has 2 heterocycles. The minimum absolute atomic E-state index is 0.00765. The zero-order chi connectivity index (χ0) is 16.7. The standard InChI is InChI=1S/C18H19NO5/c20-16(19-18(17(21)22)4-5-23-10-18)8-13-9-24-15-7-12-3-1-2-11(12)6-14(13)15/h6-7,9H,1-5,8,10H2,(H,19,20)(H,21,22). The number of aliphatic carboxylic acids is 1. The molecular weight excluding hydrogens is 310 g/mol. The van der Waals surface area contributed by atoms with E-state index in [0.29, 0.717) is 6.61 Å². The van der Waals surface area contributed by atoms with Gasteiger partial charge in [0.1, 0.15) is 5.58 Å². The third-order valence-corrected chi connectivity index (χ3v) is 5.03. The minimum atomic E-state index is -1.31. The maximum Gasteiger partial charge on any atom is 0.331 e. The first-order valence-corrected chi connectivity index (χ1v) is 8.21. The van der Waals surface area contributed by atoms with E-state index < -0.39 is 11.5 Å². The van der Waals surface area contributed by atoms with Gasteiger partial charge in [0.25, 0.3) is 0 Å². The Kier molecular flexibility index (Phi) is 3.57. The van der Waals surface area contributed by atoms with Crippen LogP contribution >= 0.6 is 0 Å². The molecule has 1 aromatic carbocycles. The molecule has 2 N–H and O–H groups in total. The van der Waals surface area contributed by atoms with Crippen molar-refractivity contribution in [1.82, 2.24) is 5.32 Å². The summed E-state index contributed by atoms with van der Waals surface area (Å²) < 4.78 is 10.8. The second-order valence-electron chi connectivity index (χ2n) is 6.65. The number of nitrogens with one attached hydrogen (secondary N) is 1. The van der Waals surface area contributed by atoms with Gasteiger partial charge in [-0.1, -0.05) is 0 Å². The van der Waals surface area contributed by atoms with E-state index in [4.69, 9.17) is 9.15 Å². The van der Waals surface area contributed by atoms with Gasteiger partial charge < -0.3 is 19.6 Å². The minimum Gasteiger partial charge on any atom is -0.479 e. The van der Waals surface area contributed by atoms with Crippen molar-refractivity contribution >= 4 is 22.8 Å². The first-order chi connectivity index (χ1) is 11.6. The summed E-state index contributed by atoms with van der Waals surface area (Å²) in [5.74, 6) is -1.38. The predicted molar refractivity (Wildman–Crippen MR) is 85.9 cm³/mol. The zero-order valence-corrected chi connectivity index (χ0v) is 13.3. The Morgan fingerprint density at radius 3 is 2.75 bits per heavy atom. The normalized spacial score (nSPS) is 22.7. The molecule has 6 heteroatoms. The Morgan fingerprint density at radius 1 is 1.25 bits per heavy atom. The van der Waals surface area contributed by atoms with E-state index in [2.05, 4.69) is 17.4 Å². The van der Waals surface area contributed by atoms with Gasteiger partial charge in [-0.15, -0.1) is 0 Å². The topological polar surface area (TPSA) is 88.8 Å². The third-order valence-electron chi connectivity index (χ3n) is 5.03. The van der Waals surface area contributed by atoms with Gasteiger partial charge in [-0.3, -0.25) is 4.79 Å². The molecule has 0 saturated carbocycles. The van der Waals surface area contributed by atoms with Crippen LogP contribution in [0.3, 0.4) is 0 Å². The van der Waals surface area contributed by atoms with Crippen molar-refractivity contribution in [3.8, 4) is 0 Å². The van der Waals surface area contributed by atoms with Crippen molar-refractivity contribution in [2.75, 3.05) is 13.2 Å². The molecule has 1 aliphatic heterocycles. The van der Waals surface area contributed by atoms with Crippen molar-refractivity contribution < 1.29 is 23.8 Å². The third kappa shape index (κ3) is 2.47. The van der Waals surface area contributed by atoms with Crippen molar-refractivity contribution in [3.05, 3.63) is 35.1 Å². The van der Waals surface area contributed by atoms with Gasteiger partial charge in [-0.2, -0.15) is 0 Å². The average molecular weight is 329 g/mol. The Morgan fingerprint density at radius 2 is 2.04 bits per heavy atom. The lowest BCUT2D eigenvalue weighted by Gasteiger charge is -2.23. The fraction of sp³-hybridized carbons (Fsp3) is 0.444. The van der Waals surface area contributed by atoms with E-state index in [1.165, 1.54) is 11.1 Å². The van der Waals surface area contributed by atoms with E-state index in [0.717, 1.165) is 35.8 Å². The van der Waals surface area contributed by atoms with Crippen LogP contribution in [0.15, 0.2) is 22.8 Å². The number of amides is 1. The number of carbonyl (C=O) groups is 2. The molecular formula is C18H19NO5. The summed E-state index contributed by atoms with van der Waals surface area (Å²) in [5, 5.41) is 13.0. The van der Waals surface area contributed by atoms with Gasteiger partial charge in [-0.05, 0) is 42.5 Å². The number of rotatable bonds is 4. The SMILES string of the molecule is O=C(Cc1coc2cc3c(cc12)CCC3)NC1(C(=O)O)CCOC1. The number of carboxylic acid groups (broad SMARTS) is 1. The molecule has 4 rings (SSSR count). The number of benzene rings is 1. The highest BCUT2D eigenvalue weighted by Gasteiger charge is 2.43. The number of hydrogen-bond donors (Lipinski definition) is 2. The lowest BCUT2D eigenvalue weighted by molar-refractivity contribution is -0.147. The maximum atomic E-state index is 12.4. The van der Waals surface area contributed by atoms with Gasteiger partial charge in [0.2, 0.25) is 5.91 Å². The first kappa shape index (κ1) is 15.2. The molecule has 0 bridgehead atoms. The van der Waals surface area contributed by atoms with Gasteiger partial charge in [0, 0.05) is 24.0 Å². The van der Waals surface area contributed by atoms with Gasteiger partial charge in [-0.25, -0.2) is 4.79 Å². The summed E-state index contributed by atoms with van der Waals surface area (Å²) >= 11 is 0. The zero-order valence-electron chi connectivity index (χ0n) is 13.3. The van der Waals surface area contributed by atoms with Gasteiger partial charge >= 0.3 is 5.97 Å². The average Bonchev–Trinajstić information content (AvgIpc) is 3.26. The molecule has 1 aliphatic carbocycles. The molecule has 1 unspecified atom stereocenters. The van der Waals surface area contributed by atoms with Crippen LogP contribution in [-0.2, 0) is 33.6 Å². The Balaban J connectivity index is 1.56. The number of ether oxygens (including phenoxy) is 1. The summed E-state index contributed by atoms with van der Waals surface area (Å²) in [4.78, 5) is 23.9. The molecule has 2 aromatic rings. The van der Waals surface area contributed by atoms with Crippen molar-refractivity contribution in [3.63, 3.8) is 0 Å². The molecule has 0 radical (unpaired) electrons. The highest BCUT2D eigenvalue weighted by Crippen LogP contribution is 2.30. The number of aryl methyl sites for hydroxylation is 2. The Hall–Kier alpha value is -2.34. The molecule has 24 heavy (non-hydrogen) atoms. The lowest BCUT2D eigenvalue weighted by atomic mass is 9.98. The highest BCUT2D eigenvalue weighted by atomic mass is 16.5. The Labute approximate surface area is 138 Å². The molecule has 6 nitrogen and oxygen atoms in total. The fourth-order valence-electron chi connectivity index (χ4n) is 3.65. The second kappa shape index (κ2) is 5.63. The highest BCUT2D eigenvalue weighted by molar-refractivity contribution is 5.92. The molecule has 1 saturated heterocycles. The van der Waals surface area contributed by atoms with Crippen LogP contribution in [0.1, 0.15) is 29.5 Å². The number of fused-ring (bicyclic) bond motifs is 2. The van der Waals surface area contributed by atoms with E-state index in [1.807, 2.05) is 0 Å². The van der Waals surface area contributed by atoms with E-state index in [9.17, 15) is 14.7 Å². The summed E-state index contributed by atoms with van der Waals surface area (Å²) in [6.45, 7) is 0.348. The van der Waals surface area contributed by atoms with E-state index in [1.54, 1.807) is 6.26 Å². The Bertz CT molecular complexity index is 816. The smallest absolute Gasteiger partial charge is 0.331 e. The largest absolute Gasteiger partial charge is 0.479 e. The number of furan rings is 1. The molecule has 1 amide bonds.